The highest BCUT2D eigenvalue weighted by molar-refractivity contribution is 8.26. The fourth-order valence-corrected chi connectivity index (χ4v) is 6.39. The number of aromatic nitrogens is 1. The first-order valence-corrected chi connectivity index (χ1v) is 13.9. The highest BCUT2D eigenvalue weighted by Crippen LogP contribution is 2.36. The Labute approximate surface area is 217 Å². The molecule has 1 aromatic carbocycles. The van der Waals surface area contributed by atoms with Crippen molar-refractivity contribution in [2.24, 2.45) is 5.92 Å². The molecule has 188 valence electrons. The summed E-state index contributed by atoms with van der Waals surface area (Å²) in [5, 5.41) is 4.02. The first kappa shape index (κ1) is 25.9. The fraction of sp³-hybridized carbons (Fsp3) is 0.519. The smallest absolute Gasteiger partial charge is 0.266 e. The van der Waals surface area contributed by atoms with E-state index in [0.717, 1.165) is 41.6 Å². The number of rotatable bonds is 11. The van der Waals surface area contributed by atoms with Gasteiger partial charge < -0.3 is 14.6 Å². The van der Waals surface area contributed by atoms with Crippen LogP contribution < -0.4 is 5.32 Å². The number of nitrogens with one attached hydrogen (secondary N) is 1. The number of aryl methyl sites for hydroxylation is 1. The molecule has 35 heavy (non-hydrogen) atoms. The minimum Gasteiger partial charge on any atom is -0.385 e. The van der Waals surface area contributed by atoms with Crippen molar-refractivity contribution < 1.29 is 14.3 Å². The molecule has 1 aromatic heterocycles. The van der Waals surface area contributed by atoms with Gasteiger partial charge in [0.05, 0.1) is 10.4 Å². The van der Waals surface area contributed by atoms with Crippen LogP contribution in [0.3, 0.4) is 0 Å². The van der Waals surface area contributed by atoms with Crippen molar-refractivity contribution in [1.29, 1.82) is 0 Å². The summed E-state index contributed by atoms with van der Waals surface area (Å²) in [6, 6.07) is 6.20. The molecule has 0 bridgehead atoms. The number of thiocarbonyl (C=S) groups is 1. The first-order valence-electron chi connectivity index (χ1n) is 12.6. The highest BCUT2D eigenvalue weighted by atomic mass is 32.2. The average molecular weight is 514 g/mol. The number of hydrogen-bond acceptors (Lipinski definition) is 5. The van der Waals surface area contributed by atoms with Crippen LogP contribution in [0.15, 0.2) is 29.3 Å². The summed E-state index contributed by atoms with van der Waals surface area (Å²) in [5.74, 6) is 0.685. The van der Waals surface area contributed by atoms with Crippen molar-refractivity contribution in [2.75, 3.05) is 26.8 Å². The van der Waals surface area contributed by atoms with Gasteiger partial charge >= 0.3 is 0 Å². The van der Waals surface area contributed by atoms with Crippen molar-refractivity contribution in [3.05, 3.63) is 40.4 Å². The molecule has 2 amide bonds. The Hall–Kier alpha value is -2.16. The number of nitrogens with zero attached hydrogens (tertiary/aromatic N) is 2. The standard InChI is InChI=1S/C27H35N3O3S2/c1-3-20-10-6-11-22-21(17-29(25(20)22)18-24(31)28-13-7-15-33-2)16-23-26(32)30(27(34)35-23)14-12-19-8-4-5-9-19/h6,10-11,16-17,19H,3-5,7-9,12-15,18H2,1-2H3,(H,28,31)/b23-16-. The SMILES string of the molecule is CCc1cccc2c(/C=C3\SC(=S)N(CCC4CCCC4)C3=O)cn(CC(=O)NCCCOC)c12. The van der Waals surface area contributed by atoms with E-state index in [4.69, 9.17) is 17.0 Å². The Balaban J connectivity index is 1.55. The van der Waals surface area contributed by atoms with E-state index in [2.05, 4.69) is 24.4 Å². The van der Waals surface area contributed by atoms with Gasteiger partial charge in [0.25, 0.3) is 5.91 Å². The Kier molecular flexibility index (Phi) is 9.03. The number of carbonyl (C=O) groups excluding carboxylic acids is 2. The predicted molar refractivity (Wildman–Crippen MR) is 147 cm³/mol. The van der Waals surface area contributed by atoms with Crippen LogP contribution in [-0.4, -0.2) is 52.4 Å². The quantitative estimate of drug-likeness (QED) is 0.256. The zero-order chi connectivity index (χ0) is 24.8. The number of ether oxygens (including phenoxy) is 1. The van der Waals surface area contributed by atoms with E-state index in [1.807, 2.05) is 22.9 Å². The second kappa shape index (κ2) is 12.2. The second-order valence-electron chi connectivity index (χ2n) is 9.35. The van der Waals surface area contributed by atoms with Crippen LogP contribution in [0.25, 0.3) is 17.0 Å². The van der Waals surface area contributed by atoms with Gasteiger partial charge in [-0.25, -0.2) is 0 Å². The number of benzene rings is 1. The molecule has 1 aliphatic carbocycles. The maximum atomic E-state index is 13.2. The largest absolute Gasteiger partial charge is 0.385 e. The van der Waals surface area contributed by atoms with Crippen LogP contribution in [-0.2, 0) is 27.3 Å². The summed E-state index contributed by atoms with van der Waals surface area (Å²) in [5.41, 5.74) is 3.17. The van der Waals surface area contributed by atoms with Crippen molar-refractivity contribution in [3.8, 4) is 0 Å². The minimum atomic E-state index is -0.0336. The molecule has 2 aliphatic rings. The number of thioether (sulfide) groups is 1. The molecule has 8 heteroatoms. The molecule has 4 rings (SSSR count). The van der Waals surface area contributed by atoms with Gasteiger partial charge in [0, 0.05) is 44.0 Å². The Morgan fingerprint density at radius 1 is 1.31 bits per heavy atom. The number of hydrogen-bond donors (Lipinski definition) is 1. The lowest BCUT2D eigenvalue weighted by atomic mass is 10.0. The Morgan fingerprint density at radius 2 is 2.11 bits per heavy atom. The predicted octanol–water partition coefficient (Wildman–Crippen LogP) is 5.14. The number of methoxy groups -OCH3 is 1. The van der Waals surface area contributed by atoms with Crippen molar-refractivity contribution in [2.45, 2.75) is 58.4 Å². The monoisotopic (exact) mass is 513 g/mol. The maximum Gasteiger partial charge on any atom is 0.266 e. The van der Waals surface area contributed by atoms with Crippen LogP contribution >= 0.6 is 24.0 Å². The lowest BCUT2D eigenvalue weighted by Gasteiger charge is -2.17. The summed E-state index contributed by atoms with van der Waals surface area (Å²) < 4.78 is 7.71. The molecule has 0 radical (unpaired) electrons. The molecule has 1 saturated heterocycles. The van der Waals surface area contributed by atoms with Crippen LogP contribution in [0.5, 0.6) is 0 Å². The first-order chi connectivity index (χ1) is 17.0. The molecule has 1 aliphatic heterocycles. The van der Waals surface area contributed by atoms with Crippen LogP contribution in [0.4, 0.5) is 0 Å². The van der Waals surface area contributed by atoms with E-state index in [1.165, 1.54) is 43.0 Å². The lowest BCUT2D eigenvalue weighted by Crippen LogP contribution is -2.30. The van der Waals surface area contributed by atoms with E-state index >= 15 is 0 Å². The van der Waals surface area contributed by atoms with E-state index in [0.29, 0.717) is 28.9 Å². The van der Waals surface area contributed by atoms with Gasteiger partial charge in [0.15, 0.2) is 0 Å². The molecule has 1 N–H and O–H groups in total. The molecule has 1 saturated carbocycles. The molecule has 2 aromatic rings. The maximum absolute atomic E-state index is 13.2. The molecule has 0 spiro atoms. The number of para-hydroxylation sites is 1. The molecule has 2 fully saturated rings. The van der Waals surface area contributed by atoms with Crippen molar-refractivity contribution in [1.82, 2.24) is 14.8 Å². The number of amides is 2. The zero-order valence-corrected chi connectivity index (χ0v) is 22.3. The summed E-state index contributed by atoms with van der Waals surface area (Å²) in [6.07, 6.45) is 11.7. The Morgan fingerprint density at radius 3 is 2.86 bits per heavy atom. The molecular weight excluding hydrogens is 478 g/mol. The summed E-state index contributed by atoms with van der Waals surface area (Å²) >= 11 is 6.95. The molecule has 0 unspecified atom stereocenters. The molecule has 0 atom stereocenters. The van der Waals surface area contributed by atoms with Gasteiger partial charge in [-0.05, 0) is 36.8 Å². The topological polar surface area (TPSA) is 63.6 Å². The minimum absolute atomic E-state index is 0.00132. The number of carbonyl (C=O) groups is 2. The molecule has 2 heterocycles. The van der Waals surface area contributed by atoms with Gasteiger partial charge in [0.1, 0.15) is 10.9 Å². The Bertz CT molecular complexity index is 1120. The third-order valence-corrected chi connectivity index (χ3v) is 8.33. The van der Waals surface area contributed by atoms with E-state index in [-0.39, 0.29) is 18.4 Å². The van der Waals surface area contributed by atoms with Gasteiger partial charge in [-0.1, -0.05) is 74.8 Å². The van der Waals surface area contributed by atoms with E-state index in [9.17, 15) is 9.59 Å². The van der Waals surface area contributed by atoms with Gasteiger partial charge in [0.2, 0.25) is 5.91 Å². The molecular formula is C27H35N3O3S2. The van der Waals surface area contributed by atoms with Gasteiger partial charge in [-0.2, -0.15) is 0 Å². The van der Waals surface area contributed by atoms with Crippen LogP contribution in [0.2, 0.25) is 0 Å². The normalized spacial score (nSPS) is 17.9. The van der Waals surface area contributed by atoms with Crippen LogP contribution in [0.1, 0.15) is 56.6 Å². The summed E-state index contributed by atoms with van der Waals surface area (Å²) in [4.78, 5) is 28.3. The fourth-order valence-electron chi connectivity index (χ4n) is 5.09. The number of fused-ring (bicyclic) bond motifs is 1. The summed E-state index contributed by atoms with van der Waals surface area (Å²) in [6.45, 7) is 4.26. The van der Waals surface area contributed by atoms with Gasteiger partial charge in [-0.15, -0.1) is 0 Å². The third kappa shape index (κ3) is 6.16. The van der Waals surface area contributed by atoms with Crippen molar-refractivity contribution >= 4 is 57.1 Å². The third-order valence-electron chi connectivity index (χ3n) is 6.95. The van der Waals surface area contributed by atoms with Gasteiger partial charge in [-0.3, -0.25) is 14.5 Å². The second-order valence-corrected chi connectivity index (χ2v) is 11.0. The van der Waals surface area contributed by atoms with Crippen molar-refractivity contribution in [3.63, 3.8) is 0 Å². The zero-order valence-electron chi connectivity index (χ0n) is 20.7. The van der Waals surface area contributed by atoms with E-state index in [1.54, 1.807) is 12.0 Å². The lowest BCUT2D eigenvalue weighted by molar-refractivity contribution is -0.122. The van der Waals surface area contributed by atoms with Crippen LogP contribution in [0, 0.1) is 5.92 Å². The molecule has 6 nitrogen and oxygen atoms in total. The van der Waals surface area contributed by atoms with E-state index < -0.39 is 0 Å². The highest BCUT2D eigenvalue weighted by Gasteiger charge is 2.32. The average Bonchev–Trinajstić information content (AvgIpc) is 3.55. The summed E-state index contributed by atoms with van der Waals surface area (Å²) in [7, 11) is 1.66.